The molecule has 0 bridgehead atoms. The number of aromatic nitrogens is 2. The fourth-order valence-corrected chi connectivity index (χ4v) is 4.46. The third kappa shape index (κ3) is 4.11. The summed E-state index contributed by atoms with van der Waals surface area (Å²) < 4.78 is 30.1. The monoisotopic (exact) mass is 387 g/mol. The summed E-state index contributed by atoms with van der Waals surface area (Å²) in [5, 5.41) is 0.790. The van der Waals surface area contributed by atoms with Crippen LogP contribution in [0.1, 0.15) is 25.3 Å². The Kier molecular flexibility index (Phi) is 5.38. The number of para-hydroxylation sites is 1. The Morgan fingerprint density at radius 3 is 2.38 bits per heavy atom. The van der Waals surface area contributed by atoms with Crippen molar-refractivity contribution >= 4 is 27.5 Å². The molecule has 1 aromatic heterocycles. The molecule has 3 aromatic rings. The van der Waals surface area contributed by atoms with Gasteiger partial charge in [0, 0.05) is 24.3 Å². The van der Waals surface area contributed by atoms with Gasteiger partial charge in [0.1, 0.15) is 0 Å². The molecular weight excluding hydrogens is 366 g/mol. The fraction of sp³-hybridized carbons (Fsp3) is 0.211. The maximum absolute atomic E-state index is 12.8. The molecule has 0 aliphatic carbocycles. The predicted octanol–water partition coefficient (Wildman–Crippen LogP) is 4.50. The van der Waals surface area contributed by atoms with Crippen molar-refractivity contribution in [1.29, 1.82) is 0 Å². The number of rotatable bonds is 6. The van der Waals surface area contributed by atoms with Crippen LogP contribution in [-0.2, 0) is 17.1 Å². The maximum Gasteiger partial charge on any atom is 0.261 e. The van der Waals surface area contributed by atoms with Crippen molar-refractivity contribution in [3.8, 4) is 0 Å². The average Bonchev–Trinajstić information content (AvgIpc) is 3.01. The number of nitrogens with one attached hydrogen (secondary N) is 1. The normalized spacial score (nSPS) is 11.7. The molecule has 3 rings (SSSR count). The van der Waals surface area contributed by atoms with Gasteiger partial charge >= 0.3 is 0 Å². The zero-order valence-electron chi connectivity index (χ0n) is 14.9. The van der Waals surface area contributed by atoms with Crippen molar-refractivity contribution in [2.75, 3.05) is 4.72 Å². The van der Waals surface area contributed by atoms with E-state index in [0.29, 0.717) is 11.6 Å². The van der Waals surface area contributed by atoms with Crippen molar-refractivity contribution in [1.82, 2.24) is 9.55 Å². The van der Waals surface area contributed by atoms with E-state index < -0.39 is 10.0 Å². The molecular formula is C19H21N3O2S2. The first-order chi connectivity index (χ1) is 12.4. The van der Waals surface area contributed by atoms with Gasteiger partial charge in [0.2, 0.25) is 0 Å². The summed E-state index contributed by atoms with van der Waals surface area (Å²) in [5.74, 6) is 0.356. The molecule has 1 N–H and O–H groups in total. The topological polar surface area (TPSA) is 64.0 Å². The van der Waals surface area contributed by atoms with Crippen molar-refractivity contribution in [2.45, 2.75) is 34.7 Å². The molecule has 1 heterocycles. The average molecular weight is 388 g/mol. The molecule has 0 aliphatic rings. The lowest BCUT2D eigenvalue weighted by molar-refractivity contribution is 0.601. The number of hydrogen-bond acceptors (Lipinski definition) is 4. The Morgan fingerprint density at radius 2 is 1.77 bits per heavy atom. The molecule has 7 heteroatoms. The van der Waals surface area contributed by atoms with Crippen LogP contribution < -0.4 is 4.72 Å². The number of anilines is 1. The molecule has 2 aromatic carbocycles. The molecule has 0 atom stereocenters. The molecule has 0 amide bonds. The van der Waals surface area contributed by atoms with Crippen LogP contribution in [0.2, 0.25) is 0 Å². The SMILES string of the molecule is CC(C)c1ccc(S(=O)(=O)Nc2ccccc2Sc2nccn2C)cc1. The summed E-state index contributed by atoms with van der Waals surface area (Å²) in [6.45, 7) is 4.15. The van der Waals surface area contributed by atoms with E-state index in [4.69, 9.17) is 0 Å². The van der Waals surface area contributed by atoms with E-state index >= 15 is 0 Å². The molecule has 0 spiro atoms. The van der Waals surface area contributed by atoms with Gasteiger partial charge in [0.15, 0.2) is 5.16 Å². The van der Waals surface area contributed by atoms with E-state index in [1.165, 1.54) is 11.8 Å². The van der Waals surface area contributed by atoms with Crippen LogP contribution in [0.3, 0.4) is 0 Å². The highest BCUT2D eigenvalue weighted by Gasteiger charge is 2.17. The summed E-state index contributed by atoms with van der Waals surface area (Å²) in [4.78, 5) is 5.33. The van der Waals surface area contributed by atoms with Crippen molar-refractivity contribution in [3.05, 3.63) is 66.5 Å². The fourth-order valence-electron chi connectivity index (χ4n) is 2.42. The van der Waals surface area contributed by atoms with Gasteiger partial charge in [-0.3, -0.25) is 4.72 Å². The first-order valence-electron chi connectivity index (χ1n) is 8.24. The minimum Gasteiger partial charge on any atom is -0.329 e. The lowest BCUT2D eigenvalue weighted by Gasteiger charge is -2.13. The third-order valence-electron chi connectivity index (χ3n) is 3.97. The molecule has 5 nitrogen and oxygen atoms in total. The van der Waals surface area contributed by atoms with E-state index in [1.54, 1.807) is 24.4 Å². The van der Waals surface area contributed by atoms with E-state index in [1.807, 2.05) is 48.1 Å². The van der Waals surface area contributed by atoms with Gasteiger partial charge in [-0.15, -0.1) is 0 Å². The van der Waals surface area contributed by atoms with Crippen LogP contribution in [0.25, 0.3) is 0 Å². The van der Waals surface area contributed by atoms with Crippen LogP contribution in [0.4, 0.5) is 5.69 Å². The van der Waals surface area contributed by atoms with Crippen LogP contribution in [0, 0.1) is 0 Å². The highest BCUT2D eigenvalue weighted by Crippen LogP contribution is 2.33. The van der Waals surface area contributed by atoms with Crippen LogP contribution >= 0.6 is 11.8 Å². The smallest absolute Gasteiger partial charge is 0.261 e. The number of aryl methyl sites for hydroxylation is 1. The van der Waals surface area contributed by atoms with Gasteiger partial charge in [-0.2, -0.15) is 0 Å². The first-order valence-corrected chi connectivity index (χ1v) is 10.5. The largest absolute Gasteiger partial charge is 0.329 e. The number of nitrogens with zero attached hydrogens (tertiary/aromatic N) is 2. The highest BCUT2D eigenvalue weighted by atomic mass is 32.2. The van der Waals surface area contributed by atoms with E-state index in [-0.39, 0.29) is 4.90 Å². The summed E-state index contributed by atoms with van der Waals surface area (Å²) >= 11 is 1.41. The Labute approximate surface area is 158 Å². The minimum absolute atomic E-state index is 0.249. The first kappa shape index (κ1) is 18.5. The van der Waals surface area contributed by atoms with E-state index in [2.05, 4.69) is 23.6 Å². The second kappa shape index (κ2) is 7.55. The molecule has 0 radical (unpaired) electrons. The van der Waals surface area contributed by atoms with Crippen LogP contribution in [0.15, 0.2) is 75.9 Å². The number of imidazole rings is 1. The van der Waals surface area contributed by atoms with Gasteiger partial charge in [0.25, 0.3) is 10.0 Å². The maximum atomic E-state index is 12.8. The molecule has 0 unspecified atom stereocenters. The second-order valence-electron chi connectivity index (χ2n) is 6.25. The van der Waals surface area contributed by atoms with Gasteiger partial charge < -0.3 is 4.57 Å². The number of sulfonamides is 1. The standard InChI is InChI=1S/C19H21N3O2S2/c1-14(2)15-8-10-16(11-9-15)26(23,24)21-17-6-4-5-7-18(17)25-19-20-12-13-22(19)3/h4-14,21H,1-3H3. The Morgan fingerprint density at radius 1 is 1.08 bits per heavy atom. The van der Waals surface area contributed by atoms with E-state index in [9.17, 15) is 8.42 Å². The Hall–Kier alpha value is -2.25. The zero-order valence-corrected chi connectivity index (χ0v) is 16.5. The van der Waals surface area contributed by atoms with Crippen molar-refractivity contribution in [2.24, 2.45) is 7.05 Å². The van der Waals surface area contributed by atoms with Gasteiger partial charge in [0.05, 0.1) is 10.6 Å². The van der Waals surface area contributed by atoms with Crippen molar-refractivity contribution in [3.63, 3.8) is 0 Å². The van der Waals surface area contributed by atoms with Crippen molar-refractivity contribution < 1.29 is 8.42 Å². The lowest BCUT2D eigenvalue weighted by Crippen LogP contribution is -2.13. The Bertz CT molecular complexity index is 994. The number of hydrogen-bond donors (Lipinski definition) is 1. The lowest BCUT2D eigenvalue weighted by atomic mass is 10.0. The Balaban J connectivity index is 1.87. The molecule has 0 saturated heterocycles. The van der Waals surface area contributed by atoms with Gasteiger partial charge in [-0.05, 0) is 47.5 Å². The van der Waals surface area contributed by atoms with Gasteiger partial charge in [-0.25, -0.2) is 13.4 Å². The quantitative estimate of drug-likeness (QED) is 0.677. The number of benzene rings is 2. The second-order valence-corrected chi connectivity index (χ2v) is 8.94. The molecule has 0 fully saturated rings. The summed E-state index contributed by atoms with van der Waals surface area (Å²) in [5.41, 5.74) is 1.64. The summed E-state index contributed by atoms with van der Waals surface area (Å²) in [7, 11) is -1.76. The minimum atomic E-state index is -3.66. The summed E-state index contributed by atoms with van der Waals surface area (Å²) in [6, 6.07) is 14.3. The van der Waals surface area contributed by atoms with Crippen LogP contribution in [0.5, 0.6) is 0 Å². The molecule has 0 aliphatic heterocycles. The molecule has 26 heavy (non-hydrogen) atoms. The van der Waals surface area contributed by atoms with Gasteiger partial charge in [-0.1, -0.05) is 38.1 Å². The predicted molar refractivity (Wildman–Crippen MR) is 105 cm³/mol. The van der Waals surface area contributed by atoms with E-state index in [0.717, 1.165) is 15.6 Å². The van der Waals surface area contributed by atoms with Crippen LogP contribution in [-0.4, -0.2) is 18.0 Å². The third-order valence-corrected chi connectivity index (χ3v) is 6.50. The molecule has 0 saturated carbocycles. The molecule has 136 valence electrons. The summed E-state index contributed by atoms with van der Waals surface area (Å²) in [6.07, 6.45) is 3.57. The highest BCUT2D eigenvalue weighted by molar-refractivity contribution is 7.99. The zero-order chi connectivity index (χ0) is 18.7.